The summed E-state index contributed by atoms with van der Waals surface area (Å²) >= 11 is 0. The van der Waals surface area contributed by atoms with Crippen molar-refractivity contribution >= 4 is 17.9 Å². The number of carbonyl (C=O) groups is 2. The average molecular weight is 464 g/mol. The summed E-state index contributed by atoms with van der Waals surface area (Å²) in [6.07, 6.45) is 1.38. The van der Waals surface area contributed by atoms with Gasteiger partial charge in [0.05, 0.1) is 6.54 Å². The highest BCUT2D eigenvalue weighted by Crippen LogP contribution is 2.55. The number of alkyl halides is 3. The Bertz CT molecular complexity index is 899. The van der Waals surface area contributed by atoms with Gasteiger partial charge in [-0.15, -0.1) is 0 Å². The molecule has 0 unspecified atom stereocenters. The lowest BCUT2D eigenvalue weighted by atomic mass is 9.60. The summed E-state index contributed by atoms with van der Waals surface area (Å²) in [4.78, 5) is 26.8. The van der Waals surface area contributed by atoms with Gasteiger partial charge in [-0.3, -0.25) is 14.5 Å². The van der Waals surface area contributed by atoms with E-state index in [1.165, 1.54) is 4.90 Å². The topological polar surface area (TPSA) is 66.6 Å². The van der Waals surface area contributed by atoms with Gasteiger partial charge in [0.25, 0.3) is 0 Å². The number of carbonyl (C=O) groups excluding carboxylic acids is 2. The van der Waals surface area contributed by atoms with Crippen molar-refractivity contribution in [3.8, 4) is 0 Å². The monoisotopic (exact) mass is 463 g/mol. The highest BCUT2D eigenvalue weighted by Gasteiger charge is 2.58. The minimum absolute atomic E-state index is 0.0181. The summed E-state index contributed by atoms with van der Waals surface area (Å²) in [5.41, 5.74) is 7.37. The van der Waals surface area contributed by atoms with E-state index in [1.807, 2.05) is 42.2 Å². The van der Waals surface area contributed by atoms with Crippen molar-refractivity contribution in [2.75, 3.05) is 19.6 Å². The van der Waals surface area contributed by atoms with Gasteiger partial charge in [-0.25, -0.2) is 0 Å². The zero-order valence-electron chi connectivity index (χ0n) is 19.0. The molecule has 4 rings (SSSR count). The van der Waals surface area contributed by atoms with Crippen LogP contribution in [-0.4, -0.2) is 59.5 Å². The van der Waals surface area contributed by atoms with Crippen molar-refractivity contribution in [2.24, 2.45) is 17.1 Å². The van der Waals surface area contributed by atoms with Gasteiger partial charge in [0.1, 0.15) is 0 Å². The molecule has 1 spiro atoms. The first-order valence-corrected chi connectivity index (χ1v) is 11.8. The fourth-order valence-corrected chi connectivity index (χ4v) is 5.81. The summed E-state index contributed by atoms with van der Waals surface area (Å²) < 4.78 is 40.5. The second-order valence-corrected chi connectivity index (χ2v) is 9.91. The van der Waals surface area contributed by atoms with Gasteiger partial charge in [-0.1, -0.05) is 48.9 Å². The van der Waals surface area contributed by atoms with E-state index in [4.69, 9.17) is 5.73 Å². The molecule has 0 radical (unpaired) electrons. The van der Waals surface area contributed by atoms with Gasteiger partial charge in [0, 0.05) is 18.0 Å². The van der Waals surface area contributed by atoms with Gasteiger partial charge in [-0.2, -0.15) is 13.2 Å². The van der Waals surface area contributed by atoms with Crippen LogP contribution in [0.15, 0.2) is 35.9 Å². The third kappa shape index (κ3) is 5.26. The van der Waals surface area contributed by atoms with Crippen LogP contribution in [0.3, 0.4) is 0 Å². The Hall–Kier alpha value is -2.35. The maximum Gasteiger partial charge on any atom is 0.471 e. The average Bonchev–Trinajstić information content (AvgIpc) is 3.52. The second-order valence-electron chi connectivity index (χ2n) is 9.91. The fourth-order valence-electron chi connectivity index (χ4n) is 5.81. The molecule has 1 aromatic rings. The maximum atomic E-state index is 13.5. The Kier molecular flexibility index (Phi) is 6.58. The van der Waals surface area contributed by atoms with Crippen LogP contribution in [0.2, 0.25) is 0 Å². The first-order chi connectivity index (χ1) is 15.6. The molecule has 2 N–H and O–H groups in total. The number of nitrogens with zero attached hydrogens (tertiary/aromatic N) is 2. The summed E-state index contributed by atoms with van der Waals surface area (Å²) in [5.74, 6) is -2.08. The lowest BCUT2D eigenvalue weighted by Gasteiger charge is -2.55. The van der Waals surface area contributed by atoms with Crippen LogP contribution in [0, 0.1) is 11.3 Å². The number of primary amides is 1. The molecule has 33 heavy (non-hydrogen) atoms. The van der Waals surface area contributed by atoms with Gasteiger partial charge in [0.2, 0.25) is 5.91 Å². The quantitative estimate of drug-likeness (QED) is 0.665. The summed E-state index contributed by atoms with van der Waals surface area (Å²) in [6, 6.07) is 9.00. The SMILES string of the molecule is CC/C(=C\c1ccccc1)[C@@H]1C[C@H]1N(C(=O)C(F)(F)F)C1CC2(CCN(CC(N)=O)CC2)C1. The molecule has 2 saturated carbocycles. The molecule has 8 heteroatoms. The molecule has 5 nitrogen and oxygen atoms in total. The first-order valence-electron chi connectivity index (χ1n) is 11.8. The Morgan fingerprint density at radius 2 is 1.82 bits per heavy atom. The third-order valence-corrected chi connectivity index (χ3v) is 7.65. The fraction of sp³-hybridized carbons (Fsp3) is 0.600. The molecule has 2 amide bonds. The van der Waals surface area contributed by atoms with E-state index in [9.17, 15) is 22.8 Å². The smallest absolute Gasteiger partial charge is 0.369 e. The van der Waals surface area contributed by atoms with Gasteiger partial charge >= 0.3 is 12.1 Å². The Labute approximate surface area is 192 Å². The number of piperidine rings is 1. The first kappa shape index (κ1) is 23.8. The van der Waals surface area contributed by atoms with Gasteiger partial charge in [-0.05, 0) is 62.6 Å². The van der Waals surface area contributed by atoms with E-state index in [2.05, 4.69) is 6.08 Å². The van der Waals surface area contributed by atoms with E-state index >= 15 is 0 Å². The Balaban J connectivity index is 1.44. The normalized spacial score (nSPS) is 25.5. The molecule has 1 aliphatic heterocycles. The maximum absolute atomic E-state index is 13.5. The summed E-state index contributed by atoms with van der Waals surface area (Å²) in [5, 5.41) is 0. The van der Waals surface area contributed by atoms with E-state index in [-0.39, 0.29) is 35.9 Å². The van der Waals surface area contributed by atoms with E-state index in [0.29, 0.717) is 32.4 Å². The molecule has 0 aromatic heterocycles. The van der Waals surface area contributed by atoms with Crippen molar-refractivity contribution in [2.45, 2.75) is 63.7 Å². The molecule has 2 aliphatic carbocycles. The van der Waals surface area contributed by atoms with Gasteiger partial charge in [0.15, 0.2) is 0 Å². The number of rotatable bonds is 7. The predicted molar refractivity (Wildman–Crippen MR) is 120 cm³/mol. The zero-order chi connectivity index (χ0) is 23.8. The minimum atomic E-state index is -4.86. The van der Waals surface area contributed by atoms with Crippen molar-refractivity contribution in [1.29, 1.82) is 0 Å². The van der Waals surface area contributed by atoms with Crippen molar-refractivity contribution in [3.63, 3.8) is 0 Å². The minimum Gasteiger partial charge on any atom is -0.369 e. The molecule has 0 bridgehead atoms. The van der Waals surface area contributed by atoms with E-state index in [0.717, 1.165) is 30.4 Å². The lowest BCUT2D eigenvalue weighted by molar-refractivity contribution is -0.194. The number of halogens is 3. The molecule has 3 aliphatic rings. The lowest BCUT2D eigenvalue weighted by Crippen LogP contribution is -2.59. The molecule has 180 valence electrons. The van der Waals surface area contributed by atoms with E-state index < -0.39 is 12.1 Å². The number of hydrogen-bond acceptors (Lipinski definition) is 3. The molecule has 3 fully saturated rings. The molecule has 1 aromatic carbocycles. The summed E-state index contributed by atoms with van der Waals surface area (Å²) in [7, 11) is 0. The highest BCUT2D eigenvalue weighted by molar-refractivity contribution is 5.83. The Morgan fingerprint density at radius 3 is 2.36 bits per heavy atom. The largest absolute Gasteiger partial charge is 0.471 e. The van der Waals surface area contributed by atoms with Crippen LogP contribution in [0.1, 0.15) is 51.0 Å². The number of nitrogens with two attached hydrogens (primary N) is 1. The molecule has 1 heterocycles. The van der Waals surface area contributed by atoms with Crippen LogP contribution in [0.5, 0.6) is 0 Å². The molecule has 2 atom stereocenters. The number of hydrogen-bond donors (Lipinski definition) is 1. The van der Waals surface area contributed by atoms with Crippen LogP contribution in [0.4, 0.5) is 13.2 Å². The van der Waals surface area contributed by atoms with Crippen LogP contribution < -0.4 is 5.73 Å². The van der Waals surface area contributed by atoms with Crippen LogP contribution in [-0.2, 0) is 9.59 Å². The van der Waals surface area contributed by atoms with Crippen LogP contribution in [0.25, 0.3) is 6.08 Å². The number of likely N-dealkylation sites (tertiary alicyclic amines) is 1. The number of benzene rings is 1. The Morgan fingerprint density at radius 1 is 1.18 bits per heavy atom. The van der Waals surface area contributed by atoms with Gasteiger partial charge < -0.3 is 10.6 Å². The van der Waals surface area contributed by atoms with Crippen molar-refractivity contribution in [1.82, 2.24) is 9.80 Å². The summed E-state index contributed by atoms with van der Waals surface area (Å²) in [6.45, 7) is 3.66. The van der Waals surface area contributed by atoms with E-state index in [1.54, 1.807) is 0 Å². The van der Waals surface area contributed by atoms with Crippen LogP contribution >= 0.6 is 0 Å². The third-order valence-electron chi connectivity index (χ3n) is 7.65. The molecular weight excluding hydrogens is 431 g/mol. The molecular formula is C25H32F3N3O2. The predicted octanol–water partition coefficient (Wildman–Crippen LogP) is 3.99. The zero-order valence-corrected chi connectivity index (χ0v) is 19.0. The van der Waals surface area contributed by atoms with Crippen molar-refractivity contribution in [3.05, 3.63) is 41.5 Å². The van der Waals surface area contributed by atoms with Crippen molar-refractivity contribution < 1.29 is 22.8 Å². The second kappa shape index (κ2) is 9.12. The standard InChI is InChI=1S/C25H32F3N3O2/c1-2-18(12-17-6-4-3-5-7-17)20-13-21(20)31(23(33)25(26,27)28)19-14-24(15-19)8-10-30(11-9-24)16-22(29)32/h3-7,12,19-21H,2,8-11,13-16H2,1H3,(H2,29,32)/b18-12+/t20-,21+/m0/s1. The number of amides is 2. The highest BCUT2D eigenvalue weighted by atomic mass is 19.4. The molecule has 1 saturated heterocycles.